The highest BCUT2D eigenvalue weighted by molar-refractivity contribution is 5.80. The number of methoxy groups -OCH3 is 1. The van der Waals surface area contributed by atoms with Gasteiger partial charge in [0.15, 0.2) is 17.5 Å². The minimum atomic E-state index is -0.504. The summed E-state index contributed by atoms with van der Waals surface area (Å²) in [7, 11) is 3.25. The molecule has 3 atom stereocenters. The number of guanidine groups is 1. The van der Waals surface area contributed by atoms with E-state index in [4.69, 9.17) is 9.47 Å². The predicted octanol–water partition coefficient (Wildman–Crippen LogP) is 3.46. The number of aliphatic imine (C=N–C) groups is 1. The lowest BCUT2D eigenvalue weighted by molar-refractivity contribution is 0.213. The van der Waals surface area contributed by atoms with Crippen LogP contribution in [0, 0.1) is 11.6 Å². The molecule has 0 spiro atoms. The standard InChI is InChI=1S/C21H25F2N3O2/c1-13(28-19-10-5-4-9-18(19)27-3)12-25-21(24-2)26-17-11-14(17)20-15(22)7-6-8-16(20)23/h4-10,13-14,17H,11-12H2,1-3H3,(H2,24,25,26). The summed E-state index contributed by atoms with van der Waals surface area (Å²) >= 11 is 0. The molecule has 1 fully saturated rings. The molecule has 0 aliphatic heterocycles. The van der Waals surface area contributed by atoms with Gasteiger partial charge in [0.2, 0.25) is 0 Å². The van der Waals surface area contributed by atoms with Crippen LogP contribution in [-0.4, -0.2) is 38.8 Å². The Hall–Kier alpha value is -2.83. The number of nitrogens with one attached hydrogen (secondary N) is 2. The van der Waals surface area contributed by atoms with Gasteiger partial charge in [-0.15, -0.1) is 0 Å². The molecule has 0 aromatic heterocycles. The van der Waals surface area contributed by atoms with E-state index in [1.165, 1.54) is 18.2 Å². The van der Waals surface area contributed by atoms with Gasteiger partial charge in [-0.3, -0.25) is 4.99 Å². The van der Waals surface area contributed by atoms with Crippen LogP contribution in [0.15, 0.2) is 47.5 Å². The van der Waals surface area contributed by atoms with Gasteiger partial charge in [0.05, 0.1) is 13.7 Å². The maximum Gasteiger partial charge on any atom is 0.191 e. The summed E-state index contributed by atoms with van der Waals surface area (Å²) in [4.78, 5) is 4.18. The van der Waals surface area contributed by atoms with Crippen LogP contribution in [0.25, 0.3) is 0 Å². The number of rotatable bonds is 7. The van der Waals surface area contributed by atoms with E-state index in [-0.39, 0.29) is 23.6 Å². The van der Waals surface area contributed by atoms with Crippen molar-refractivity contribution in [1.29, 1.82) is 0 Å². The molecule has 3 unspecified atom stereocenters. The van der Waals surface area contributed by atoms with Crippen molar-refractivity contribution in [3.05, 3.63) is 59.7 Å². The molecule has 0 heterocycles. The van der Waals surface area contributed by atoms with Gasteiger partial charge < -0.3 is 20.1 Å². The van der Waals surface area contributed by atoms with Crippen molar-refractivity contribution in [2.45, 2.75) is 31.4 Å². The molecular formula is C21H25F2N3O2. The molecule has 0 amide bonds. The second kappa shape index (κ2) is 8.91. The maximum absolute atomic E-state index is 13.9. The van der Waals surface area contributed by atoms with Crippen molar-refractivity contribution in [2.75, 3.05) is 20.7 Å². The predicted molar refractivity (Wildman–Crippen MR) is 105 cm³/mol. The van der Waals surface area contributed by atoms with E-state index in [9.17, 15) is 8.78 Å². The van der Waals surface area contributed by atoms with Gasteiger partial charge in [-0.1, -0.05) is 18.2 Å². The Labute approximate surface area is 163 Å². The number of nitrogens with zero attached hydrogens (tertiary/aromatic N) is 1. The Balaban J connectivity index is 1.50. The minimum absolute atomic E-state index is 0.0527. The molecule has 0 saturated heterocycles. The van der Waals surface area contributed by atoms with E-state index in [0.29, 0.717) is 30.4 Å². The molecule has 7 heteroatoms. The fourth-order valence-corrected chi connectivity index (χ4v) is 3.12. The molecule has 28 heavy (non-hydrogen) atoms. The SMILES string of the molecule is CN=C(NCC(C)Oc1ccccc1OC)NC1CC1c1c(F)cccc1F. The van der Waals surface area contributed by atoms with Crippen molar-refractivity contribution in [3.8, 4) is 11.5 Å². The maximum atomic E-state index is 13.9. The lowest BCUT2D eigenvalue weighted by atomic mass is 10.1. The van der Waals surface area contributed by atoms with E-state index in [1.807, 2.05) is 31.2 Å². The van der Waals surface area contributed by atoms with E-state index in [0.717, 1.165) is 0 Å². The van der Waals surface area contributed by atoms with E-state index in [1.54, 1.807) is 14.2 Å². The summed E-state index contributed by atoms with van der Waals surface area (Å²) < 4.78 is 39.0. The fraction of sp³-hybridized carbons (Fsp3) is 0.381. The van der Waals surface area contributed by atoms with Gasteiger partial charge in [-0.05, 0) is 37.6 Å². The Morgan fingerprint density at radius 3 is 2.46 bits per heavy atom. The van der Waals surface area contributed by atoms with Crippen LogP contribution >= 0.6 is 0 Å². The first kappa shape index (κ1) is 19.9. The van der Waals surface area contributed by atoms with Crippen LogP contribution < -0.4 is 20.1 Å². The molecule has 2 aromatic rings. The average molecular weight is 389 g/mol. The third kappa shape index (κ3) is 4.71. The van der Waals surface area contributed by atoms with E-state index < -0.39 is 11.6 Å². The summed E-state index contributed by atoms with van der Waals surface area (Å²) in [6.07, 6.45) is 0.514. The van der Waals surface area contributed by atoms with Crippen molar-refractivity contribution in [3.63, 3.8) is 0 Å². The van der Waals surface area contributed by atoms with E-state index >= 15 is 0 Å². The average Bonchev–Trinajstić information content (AvgIpc) is 3.44. The monoisotopic (exact) mass is 389 g/mol. The minimum Gasteiger partial charge on any atom is -0.493 e. The first-order chi connectivity index (χ1) is 13.5. The Bertz CT molecular complexity index is 824. The van der Waals surface area contributed by atoms with Crippen LogP contribution in [0.5, 0.6) is 11.5 Å². The summed E-state index contributed by atoms with van der Waals surface area (Å²) in [5.74, 6) is 0.706. The molecule has 5 nitrogen and oxygen atoms in total. The number of para-hydroxylation sites is 2. The number of halogens is 2. The zero-order valence-corrected chi connectivity index (χ0v) is 16.2. The largest absolute Gasteiger partial charge is 0.493 e. The smallest absolute Gasteiger partial charge is 0.191 e. The van der Waals surface area contributed by atoms with Crippen molar-refractivity contribution in [1.82, 2.24) is 10.6 Å². The summed E-state index contributed by atoms with van der Waals surface area (Å²) in [6, 6.07) is 11.4. The third-order valence-corrected chi connectivity index (χ3v) is 4.66. The second-order valence-electron chi connectivity index (χ2n) is 6.76. The molecule has 3 rings (SSSR count). The van der Waals surface area contributed by atoms with Crippen LogP contribution in [0.1, 0.15) is 24.8 Å². The molecule has 2 aromatic carbocycles. The van der Waals surface area contributed by atoms with Gasteiger partial charge in [-0.25, -0.2) is 8.78 Å². The van der Waals surface area contributed by atoms with Gasteiger partial charge in [0.1, 0.15) is 17.7 Å². The van der Waals surface area contributed by atoms with Gasteiger partial charge in [0.25, 0.3) is 0 Å². The third-order valence-electron chi connectivity index (χ3n) is 4.66. The quantitative estimate of drug-likeness (QED) is 0.563. The van der Waals surface area contributed by atoms with Crippen molar-refractivity contribution >= 4 is 5.96 Å². The lowest BCUT2D eigenvalue weighted by Crippen LogP contribution is -2.43. The summed E-state index contributed by atoms with van der Waals surface area (Å²) in [5, 5.41) is 6.40. The van der Waals surface area contributed by atoms with Gasteiger partial charge in [0, 0.05) is 24.6 Å². The molecule has 1 aliphatic rings. The van der Waals surface area contributed by atoms with Crippen LogP contribution in [0.3, 0.4) is 0 Å². The Morgan fingerprint density at radius 2 is 1.82 bits per heavy atom. The zero-order chi connectivity index (χ0) is 20.1. The first-order valence-corrected chi connectivity index (χ1v) is 9.24. The zero-order valence-electron chi connectivity index (χ0n) is 16.2. The number of ether oxygens (including phenoxy) is 2. The summed E-state index contributed by atoms with van der Waals surface area (Å²) in [6.45, 7) is 2.44. The topological polar surface area (TPSA) is 54.9 Å². The lowest BCUT2D eigenvalue weighted by Gasteiger charge is -2.19. The van der Waals surface area contributed by atoms with Crippen molar-refractivity contribution in [2.24, 2.45) is 4.99 Å². The van der Waals surface area contributed by atoms with Gasteiger partial charge >= 0.3 is 0 Å². The van der Waals surface area contributed by atoms with Crippen LogP contribution in [-0.2, 0) is 0 Å². The molecule has 2 N–H and O–H groups in total. The molecule has 0 radical (unpaired) electrons. The normalized spacial score (nSPS) is 19.7. The number of benzene rings is 2. The van der Waals surface area contributed by atoms with Crippen molar-refractivity contribution < 1.29 is 18.3 Å². The second-order valence-corrected chi connectivity index (χ2v) is 6.76. The Morgan fingerprint density at radius 1 is 1.14 bits per heavy atom. The van der Waals surface area contributed by atoms with Gasteiger partial charge in [-0.2, -0.15) is 0 Å². The molecule has 150 valence electrons. The molecule has 0 bridgehead atoms. The number of hydrogen-bond donors (Lipinski definition) is 2. The summed E-state index contributed by atoms with van der Waals surface area (Å²) in [5.41, 5.74) is 0.142. The first-order valence-electron chi connectivity index (χ1n) is 9.24. The highest BCUT2D eigenvalue weighted by atomic mass is 19.1. The fourth-order valence-electron chi connectivity index (χ4n) is 3.12. The van der Waals surface area contributed by atoms with Crippen LogP contribution in [0.4, 0.5) is 8.78 Å². The molecule has 1 aliphatic carbocycles. The number of hydrogen-bond acceptors (Lipinski definition) is 3. The Kier molecular flexibility index (Phi) is 6.34. The van der Waals surface area contributed by atoms with E-state index in [2.05, 4.69) is 15.6 Å². The highest BCUT2D eigenvalue weighted by Gasteiger charge is 2.42. The highest BCUT2D eigenvalue weighted by Crippen LogP contribution is 2.43. The molecule has 1 saturated carbocycles. The van der Waals surface area contributed by atoms with Crippen LogP contribution in [0.2, 0.25) is 0 Å². The molecular weight excluding hydrogens is 364 g/mol.